The first-order valence-corrected chi connectivity index (χ1v) is 8.14. The number of ketones is 1. The number of carbonyl (C=O) groups excluding carboxylic acids is 1. The molecule has 23 heavy (non-hydrogen) atoms. The zero-order valence-electron chi connectivity index (χ0n) is 14.6. The first-order valence-electron chi connectivity index (χ1n) is 8.14. The highest BCUT2D eigenvalue weighted by molar-refractivity contribution is 6.01. The second-order valence-electron chi connectivity index (χ2n) is 6.10. The number of Topliss-reactive ketones (excluding diaryl/α,β-unsaturated/α-hetero) is 1. The summed E-state index contributed by atoms with van der Waals surface area (Å²) in [5.74, 6) is 2.45. The van der Waals surface area contributed by atoms with Crippen molar-refractivity contribution in [2.24, 2.45) is 5.92 Å². The Bertz CT molecular complexity index is 511. The predicted octanol–water partition coefficient (Wildman–Crippen LogP) is 3.02. The van der Waals surface area contributed by atoms with E-state index in [1.807, 2.05) is 0 Å². The van der Waals surface area contributed by atoms with Gasteiger partial charge in [0.15, 0.2) is 5.78 Å². The second-order valence-corrected chi connectivity index (χ2v) is 6.10. The lowest BCUT2D eigenvalue weighted by Gasteiger charge is -2.29. The minimum atomic E-state index is 0.0416. The van der Waals surface area contributed by atoms with Gasteiger partial charge in [-0.15, -0.1) is 0 Å². The summed E-state index contributed by atoms with van der Waals surface area (Å²) in [4.78, 5) is 15.0. The van der Waals surface area contributed by atoms with Crippen molar-refractivity contribution >= 4 is 5.78 Å². The van der Waals surface area contributed by atoms with Gasteiger partial charge in [-0.25, -0.2) is 0 Å². The van der Waals surface area contributed by atoms with Crippen LogP contribution in [0, 0.1) is 5.92 Å². The molecule has 0 spiro atoms. The second kappa shape index (κ2) is 8.20. The summed E-state index contributed by atoms with van der Waals surface area (Å²) < 4.78 is 15.9. The lowest BCUT2D eigenvalue weighted by atomic mass is 9.98. The van der Waals surface area contributed by atoms with Gasteiger partial charge in [0, 0.05) is 25.1 Å². The fraction of sp³-hybridized carbons (Fsp3) is 0.611. The lowest BCUT2D eigenvalue weighted by Crippen LogP contribution is -2.34. The average Bonchev–Trinajstić information content (AvgIpc) is 2.59. The van der Waals surface area contributed by atoms with Gasteiger partial charge in [-0.3, -0.25) is 4.79 Å². The number of hydrogen-bond acceptors (Lipinski definition) is 5. The number of likely N-dealkylation sites (tertiary alicyclic amines) is 1. The molecule has 1 fully saturated rings. The molecule has 1 saturated heterocycles. The van der Waals surface area contributed by atoms with Crippen molar-refractivity contribution in [2.75, 3.05) is 41.0 Å². The molecule has 1 aliphatic rings. The average molecular weight is 321 g/mol. The molecule has 0 aromatic heterocycles. The number of piperidine rings is 1. The van der Waals surface area contributed by atoms with E-state index >= 15 is 0 Å². The Morgan fingerprint density at radius 2 is 1.65 bits per heavy atom. The van der Waals surface area contributed by atoms with Crippen molar-refractivity contribution < 1.29 is 19.0 Å². The van der Waals surface area contributed by atoms with Crippen LogP contribution in [0.1, 0.15) is 36.5 Å². The quantitative estimate of drug-likeness (QED) is 0.723. The third kappa shape index (κ3) is 4.38. The molecule has 0 unspecified atom stereocenters. The van der Waals surface area contributed by atoms with Crippen LogP contribution >= 0.6 is 0 Å². The molecule has 0 amide bonds. The van der Waals surface area contributed by atoms with Crippen molar-refractivity contribution in [1.29, 1.82) is 0 Å². The van der Waals surface area contributed by atoms with Crippen LogP contribution in [0.15, 0.2) is 12.1 Å². The molecular weight excluding hydrogens is 294 g/mol. The molecule has 0 bridgehead atoms. The molecule has 5 nitrogen and oxygen atoms in total. The molecule has 0 saturated carbocycles. The smallest absolute Gasteiger partial charge is 0.171 e. The summed E-state index contributed by atoms with van der Waals surface area (Å²) >= 11 is 0. The maximum Gasteiger partial charge on any atom is 0.171 e. The SMILES string of the molecule is COc1cc(OC)c(C(=O)CCN2CCC(C)CC2)c(OC)c1. The van der Waals surface area contributed by atoms with Crippen molar-refractivity contribution in [3.05, 3.63) is 17.7 Å². The van der Waals surface area contributed by atoms with E-state index in [1.165, 1.54) is 12.8 Å². The Morgan fingerprint density at radius 3 is 2.13 bits per heavy atom. The Kier molecular flexibility index (Phi) is 6.28. The zero-order valence-corrected chi connectivity index (χ0v) is 14.6. The minimum absolute atomic E-state index is 0.0416. The minimum Gasteiger partial charge on any atom is -0.496 e. The van der Waals surface area contributed by atoms with Crippen LogP contribution in [-0.2, 0) is 0 Å². The number of ether oxygens (including phenoxy) is 3. The summed E-state index contributed by atoms with van der Waals surface area (Å²) in [6.45, 7) is 5.22. The highest BCUT2D eigenvalue weighted by atomic mass is 16.5. The Labute approximate surface area is 138 Å². The monoisotopic (exact) mass is 321 g/mol. The lowest BCUT2D eigenvalue weighted by molar-refractivity contribution is 0.0946. The number of hydrogen-bond donors (Lipinski definition) is 0. The topological polar surface area (TPSA) is 48.0 Å². The van der Waals surface area contributed by atoms with Gasteiger partial charge in [0.2, 0.25) is 0 Å². The zero-order chi connectivity index (χ0) is 16.8. The molecular formula is C18H27NO4. The molecule has 0 aliphatic carbocycles. The van der Waals surface area contributed by atoms with E-state index in [9.17, 15) is 4.79 Å². The van der Waals surface area contributed by atoms with Crippen molar-refractivity contribution in [3.63, 3.8) is 0 Å². The molecule has 1 aliphatic heterocycles. The van der Waals surface area contributed by atoms with E-state index in [0.29, 0.717) is 29.2 Å². The third-order valence-electron chi connectivity index (χ3n) is 4.53. The number of rotatable bonds is 7. The Morgan fingerprint density at radius 1 is 1.09 bits per heavy atom. The van der Waals surface area contributed by atoms with E-state index in [0.717, 1.165) is 25.6 Å². The molecule has 1 aromatic carbocycles. The standard InChI is InChI=1S/C18H27NO4/c1-13-5-8-19(9-6-13)10-7-15(20)18-16(22-3)11-14(21-2)12-17(18)23-4/h11-13H,5-10H2,1-4H3. The molecule has 5 heteroatoms. The first kappa shape index (κ1) is 17.6. The molecule has 2 rings (SSSR count). The van der Waals surface area contributed by atoms with E-state index in [1.54, 1.807) is 33.5 Å². The Balaban J connectivity index is 2.08. The molecule has 1 aromatic rings. The van der Waals surface area contributed by atoms with E-state index in [-0.39, 0.29) is 5.78 Å². The van der Waals surface area contributed by atoms with Crippen molar-refractivity contribution in [2.45, 2.75) is 26.2 Å². The highest BCUT2D eigenvalue weighted by Crippen LogP contribution is 2.35. The maximum absolute atomic E-state index is 12.7. The molecule has 0 atom stereocenters. The van der Waals surface area contributed by atoms with Gasteiger partial charge in [0.1, 0.15) is 22.8 Å². The van der Waals surface area contributed by atoms with Gasteiger partial charge in [-0.2, -0.15) is 0 Å². The van der Waals surface area contributed by atoms with Gasteiger partial charge in [-0.1, -0.05) is 6.92 Å². The molecule has 128 valence electrons. The van der Waals surface area contributed by atoms with Gasteiger partial charge in [0.05, 0.1) is 21.3 Å². The van der Waals surface area contributed by atoms with Gasteiger partial charge >= 0.3 is 0 Å². The number of methoxy groups -OCH3 is 3. The number of benzene rings is 1. The van der Waals surface area contributed by atoms with Crippen molar-refractivity contribution in [1.82, 2.24) is 4.90 Å². The Hall–Kier alpha value is -1.75. The van der Waals surface area contributed by atoms with Crippen LogP contribution in [-0.4, -0.2) is 51.6 Å². The van der Waals surface area contributed by atoms with E-state index in [2.05, 4.69) is 11.8 Å². The van der Waals surface area contributed by atoms with Gasteiger partial charge in [-0.05, 0) is 31.8 Å². The van der Waals surface area contributed by atoms with Crippen LogP contribution < -0.4 is 14.2 Å². The molecule has 0 N–H and O–H groups in total. The summed E-state index contributed by atoms with van der Waals surface area (Å²) in [5, 5.41) is 0. The molecule has 0 radical (unpaired) electrons. The summed E-state index contributed by atoms with van der Waals surface area (Å²) in [7, 11) is 4.68. The summed E-state index contributed by atoms with van der Waals surface area (Å²) in [5.41, 5.74) is 0.501. The van der Waals surface area contributed by atoms with Gasteiger partial charge in [0.25, 0.3) is 0 Å². The van der Waals surface area contributed by atoms with Gasteiger partial charge < -0.3 is 19.1 Å². The fourth-order valence-electron chi connectivity index (χ4n) is 2.95. The number of carbonyl (C=O) groups is 1. The third-order valence-corrected chi connectivity index (χ3v) is 4.53. The van der Waals surface area contributed by atoms with Crippen LogP contribution in [0.3, 0.4) is 0 Å². The van der Waals surface area contributed by atoms with Crippen molar-refractivity contribution in [3.8, 4) is 17.2 Å². The highest BCUT2D eigenvalue weighted by Gasteiger charge is 2.22. The van der Waals surface area contributed by atoms with Crippen LogP contribution in [0.4, 0.5) is 0 Å². The predicted molar refractivity (Wildman–Crippen MR) is 89.9 cm³/mol. The fourth-order valence-corrected chi connectivity index (χ4v) is 2.95. The largest absolute Gasteiger partial charge is 0.496 e. The maximum atomic E-state index is 12.7. The van der Waals surface area contributed by atoms with E-state index < -0.39 is 0 Å². The van der Waals surface area contributed by atoms with E-state index in [4.69, 9.17) is 14.2 Å². The van der Waals surface area contributed by atoms with Crippen LogP contribution in [0.5, 0.6) is 17.2 Å². The molecule has 1 heterocycles. The number of nitrogens with zero attached hydrogens (tertiary/aromatic N) is 1. The first-order chi connectivity index (χ1) is 11.1. The van der Waals surface area contributed by atoms with Crippen LogP contribution in [0.25, 0.3) is 0 Å². The van der Waals surface area contributed by atoms with Crippen LogP contribution in [0.2, 0.25) is 0 Å². The normalized spacial score (nSPS) is 16.2. The summed E-state index contributed by atoms with van der Waals surface area (Å²) in [6.07, 6.45) is 2.89. The summed E-state index contributed by atoms with van der Waals surface area (Å²) in [6, 6.07) is 3.44.